The number of benzene rings is 1. The Morgan fingerprint density at radius 2 is 2.31 bits per heavy atom. The second-order valence-electron chi connectivity index (χ2n) is 2.55. The smallest absolute Gasteiger partial charge is 0.371 e. The van der Waals surface area contributed by atoms with Crippen LogP contribution in [0.5, 0.6) is 0 Å². The normalized spacial score (nSPS) is 10.5. The molecule has 0 bridgehead atoms. The minimum atomic E-state index is -1.05. The van der Waals surface area contributed by atoms with Crippen molar-refractivity contribution in [2.45, 2.75) is 0 Å². The summed E-state index contributed by atoms with van der Waals surface area (Å²) in [5.74, 6) is -1.08. The van der Waals surface area contributed by atoms with Gasteiger partial charge < -0.3 is 10.1 Å². The van der Waals surface area contributed by atoms with Crippen LogP contribution in [0.3, 0.4) is 0 Å². The van der Waals surface area contributed by atoms with E-state index in [1.807, 2.05) is 6.07 Å². The van der Waals surface area contributed by atoms with Gasteiger partial charge in [0, 0.05) is 4.47 Å². The first-order chi connectivity index (χ1) is 6.16. The Kier molecular flexibility index (Phi) is 1.81. The number of aromatic nitrogens is 2. The third-order valence-corrected chi connectivity index (χ3v) is 2.14. The summed E-state index contributed by atoms with van der Waals surface area (Å²) in [5.41, 5.74) is 1.37. The molecule has 0 unspecified atom stereocenters. The quantitative estimate of drug-likeness (QED) is 0.802. The molecule has 0 atom stereocenters. The van der Waals surface area contributed by atoms with Crippen molar-refractivity contribution >= 4 is 32.9 Å². The van der Waals surface area contributed by atoms with Gasteiger partial charge in [0.05, 0.1) is 11.0 Å². The standard InChI is InChI=1S/C8H5BrN2O2/c9-4-1-2-5-6(3-4)11-7(10-5)8(12)13/h1-3H,(H,10,11)(H,12,13). The summed E-state index contributed by atoms with van der Waals surface area (Å²) in [5, 5.41) is 8.65. The molecule has 13 heavy (non-hydrogen) atoms. The van der Waals surface area contributed by atoms with Crippen LogP contribution in [0.4, 0.5) is 0 Å². The van der Waals surface area contributed by atoms with E-state index in [0.29, 0.717) is 11.0 Å². The maximum absolute atomic E-state index is 10.6. The lowest BCUT2D eigenvalue weighted by Crippen LogP contribution is -1.97. The highest BCUT2D eigenvalue weighted by Gasteiger charge is 2.08. The molecule has 2 N–H and O–H groups in total. The Morgan fingerprint density at radius 3 is 3.00 bits per heavy atom. The van der Waals surface area contributed by atoms with Gasteiger partial charge in [-0.2, -0.15) is 0 Å². The highest BCUT2D eigenvalue weighted by molar-refractivity contribution is 9.10. The Morgan fingerprint density at radius 1 is 1.54 bits per heavy atom. The van der Waals surface area contributed by atoms with Gasteiger partial charge in [-0.1, -0.05) is 15.9 Å². The Hall–Kier alpha value is -1.36. The van der Waals surface area contributed by atoms with Gasteiger partial charge in [0.1, 0.15) is 0 Å². The van der Waals surface area contributed by atoms with E-state index in [9.17, 15) is 4.79 Å². The van der Waals surface area contributed by atoms with Gasteiger partial charge in [-0.3, -0.25) is 0 Å². The number of halogens is 1. The molecular formula is C8H5BrN2O2. The average molecular weight is 241 g/mol. The first-order valence-electron chi connectivity index (χ1n) is 3.55. The number of hydrogen-bond acceptors (Lipinski definition) is 2. The molecule has 0 amide bonds. The van der Waals surface area contributed by atoms with E-state index in [1.165, 1.54) is 0 Å². The van der Waals surface area contributed by atoms with Crippen LogP contribution in [0, 0.1) is 0 Å². The highest BCUT2D eigenvalue weighted by atomic mass is 79.9. The van der Waals surface area contributed by atoms with Gasteiger partial charge in [-0.15, -0.1) is 0 Å². The summed E-state index contributed by atoms with van der Waals surface area (Å²) in [6.07, 6.45) is 0. The van der Waals surface area contributed by atoms with E-state index in [4.69, 9.17) is 5.11 Å². The molecule has 0 radical (unpaired) electrons. The van der Waals surface area contributed by atoms with E-state index < -0.39 is 5.97 Å². The largest absolute Gasteiger partial charge is 0.475 e. The minimum Gasteiger partial charge on any atom is -0.475 e. The second kappa shape index (κ2) is 2.85. The third kappa shape index (κ3) is 1.42. The van der Waals surface area contributed by atoms with Gasteiger partial charge in [-0.25, -0.2) is 9.78 Å². The lowest BCUT2D eigenvalue weighted by atomic mass is 10.3. The van der Waals surface area contributed by atoms with Crippen molar-refractivity contribution in [3.05, 3.63) is 28.5 Å². The molecular weight excluding hydrogens is 236 g/mol. The maximum Gasteiger partial charge on any atom is 0.371 e. The fourth-order valence-corrected chi connectivity index (χ4v) is 1.44. The fraction of sp³-hybridized carbons (Fsp3) is 0. The molecule has 1 aromatic heterocycles. The summed E-state index contributed by atoms with van der Waals surface area (Å²) in [4.78, 5) is 17.1. The number of carbonyl (C=O) groups is 1. The molecule has 0 aliphatic heterocycles. The van der Waals surface area contributed by atoms with Gasteiger partial charge in [0.2, 0.25) is 5.82 Å². The Balaban J connectivity index is 2.68. The predicted molar refractivity (Wildman–Crippen MR) is 50.8 cm³/mol. The fourth-order valence-electron chi connectivity index (χ4n) is 1.08. The summed E-state index contributed by atoms with van der Waals surface area (Å²) < 4.78 is 0.889. The van der Waals surface area contributed by atoms with Gasteiger partial charge >= 0.3 is 5.97 Å². The number of fused-ring (bicyclic) bond motifs is 1. The van der Waals surface area contributed by atoms with E-state index in [-0.39, 0.29) is 5.82 Å². The van der Waals surface area contributed by atoms with Crippen molar-refractivity contribution in [2.75, 3.05) is 0 Å². The monoisotopic (exact) mass is 240 g/mol. The molecule has 0 saturated heterocycles. The van der Waals surface area contributed by atoms with Crippen LogP contribution in [-0.2, 0) is 0 Å². The molecule has 0 fully saturated rings. The zero-order valence-corrected chi connectivity index (χ0v) is 8.00. The number of hydrogen-bond donors (Lipinski definition) is 2. The van der Waals surface area contributed by atoms with Crippen LogP contribution >= 0.6 is 15.9 Å². The zero-order valence-electron chi connectivity index (χ0n) is 6.41. The SMILES string of the molecule is O=C(O)c1nc2ccc(Br)cc2[nH]1. The van der Waals surface area contributed by atoms with Crippen molar-refractivity contribution in [3.8, 4) is 0 Å². The van der Waals surface area contributed by atoms with Crippen molar-refractivity contribution in [3.63, 3.8) is 0 Å². The molecule has 66 valence electrons. The number of nitrogens with one attached hydrogen (secondary N) is 1. The van der Waals surface area contributed by atoms with Crippen LogP contribution in [0.25, 0.3) is 11.0 Å². The van der Waals surface area contributed by atoms with Crippen molar-refractivity contribution in [1.29, 1.82) is 0 Å². The second-order valence-corrected chi connectivity index (χ2v) is 3.47. The number of rotatable bonds is 1. The lowest BCUT2D eigenvalue weighted by Gasteiger charge is -1.87. The number of carboxylic acid groups (broad SMARTS) is 1. The highest BCUT2D eigenvalue weighted by Crippen LogP contribution is 2.17. The zero-order chi connectivity index (χ0) is 9.42. The molecule has 0 saturated carbocycles. The first-order valence-corrected chi connectivity index (χ1v) is 4.34. The number of aromatic amines is 1. The summed E-state index contributed by atoms with van der Waals surface area (Å²) in [6.45, 7) is 0. The molecule has 4 nitrogen and oxygen atoms in total. The molecule has 2 rings (SSSR count). The summed E-state index contributed by atoms with van der Waals surface area (Å²) in [7, 11) is 0. The molecule has 1 heterocycles. The number of H-pyrrole nitrogens is 1. The van der Waals surface area contributed by atoms with E-state index in [1.54, 1.807) is 12.1 Å². The third-order valence-electron chi connectivity index (χ3n) is 1.65. The van der Waals surface area contributed by atoms with Gasteiger partial charge in [0.15, 0.2) is 0 Å². The Labute approximate surface area is 81.7 Å². The first kappa shape index (κ1) is 8.25. The van der Waals surface area contributed by atoms with Gasteiger partial charge in [0.25, 0.3) is 0 Å². The van der Waals surface area contributed by atoms with Crippen LogP contribution < -0.4 is 0 Å². The Bertz CT molecular complexity index is 478. The van der Waals surface area contributed by atoms with Gasteiger partial charge in [-0.05, 0) is 18.2 Å². The van der Waals surface area contributed by atoms with Crippen molar-refractivity contribution in [1.82, 2.24) is 9.97 Å². The molecule has 1 aromatic carbocycles. The topological polar surface area (TPSA) is 66.0 Å². The molecule has 2 aromatic rings. The summed E-state index contributed by atoms with van der Waals surface area (Å²) in [6, 6.07) is 5.35. The molecule has 0 aliphatic rings. The molecule has 0 spiro atoms. The van der Waals surface area contributed by atoms with E-state index in [0.717, 1.165) is 4.47 Å². The van der Waals surface area contributed by atoms with Crippen LogP contribution in [0.15, 0.2) is 22.7 Å². The molecule has 5 heteroatoms. The summed E-state index contributed by atoms with van der Waals surface area (Å²) >= 11 is 3.28. The predicted octanol–water partition coefficient (Wildman–Crippen LogP) is 2.02. The lowest BCUT2D eigenvalue weighted by molar-refractivity contribution is 0.0685. The van der Waals surface area contributed by atoms with Crippen LogP contribution in [0.1, 0.15) is 10.6 Å². The van der Waals surface area contributed by atoms with Crippen molar-refractivity contribution < 1.29 is 9.90 Å². The number of imidazole rings is 1. The van der Waals surface area contributed by atoms with Crippen LogP contribution in [-0.4, -0.2) is 21.0 Å². The number of nitrogens with zero attached hydrogens (tertiary/aromatic N) is 1. The number of carboxylic acids is 1. The van der Waals surface area contributed by atoms with Crippen molar-refractivity contribution in [2.24, 2.45) is 0 Å². The minimum absolute atomic E-state index is 0.0342. The maximum atomic E-state index is 10.6. The van der Waals surface area contributed by atoms with Crippen LogP contribution in [0.2, 0.25) is 0 Å². The molecule has 0 aliphatic carbocycles. The van der Waals surface area contributed by atoms with E-state index in [2.05, 4.69) is 25.9 Å². The average Bonchev–Trinajstić information content (AvgIpc) is 2.46. The number of aromatic carboxylic acids is 1. The van der Waals surface area contributed by atoms with E-state index >= 15 is 0 Å².